The van der Waals surface area contributed by atoms with Crippen LogP contribution in [0.25, 0.3) is 11.4 Å². The van der Waals surface area contributed by atoms with Crippen LogP contribution in [0, 0.1) is 10.1 Å². The highest BCUT2D eigenvalue weighted by Crippen LogP contribution is 2.27. The van der Waals surface area contributed by atoms with Gasteiger partial charge in [0.2, 0.25) is 5.82 Å². The summed E-state index contributed by atoms with van der Waals surface area (Å²) >= 11 is 5.98. The standard InChI is InChI=1S/C24H17ClN4O6/c1-26-19-10-9-14(12-20(19)29(32)33)22(30)17-7-2-3-8-18(17)24(31)34-13-21-27-23(28-35-21)15-5-4-6-16(25)11-15/h2-12,26H,13H2,1H3. The molecule has 35 heavy (non-hydrogen) atoms. The number of esters is 1. The van der Waals surface area contributed by atoms with Gasteiger partial charge in [0.1, 0.15) is 5.69 Å². The number of ketones is 1. The molecule has 0 saturated heterocycles. The maximum Gasteiger partial charge on any atom is 0.339 e. The molecular weight excluding hydrogens is 476 g/mol. The van der Waals surface area contributed by atoms with E-state index in [1.165, 1.54) is 31.3 Å². The Kier molecular flexibility index (Phi) is 6.83. The lowest BCUT2D eigenvalue weighted by molar-refractivity contribution is -0.384. The van der Waals surface area contributed by atoms with Gasteiger partial charge in [0.05, 0.1) is 10.5 Å². The lowest BCUT2D eigenvalue weighted by Gasteiger charge is -2.09. The Hall–Kier alpha value is -4.57. The van der Waals surface area contributed by atoms with Crippen LogP contribution >= 0.6 is 11.6 Å². The number of carbonyl (C=O) groups excluding carboxylic acids is 2. The molecule has 0 saturated carbocycles. The topological polar surface area (TPSA) is 137 Å². The number of nitro benzene ring substituents is 1. The van der Waals surface area contributed by atoms with Crippen molar-refractivity contribution in [3.05, 3.63) is 104 Å². The van der Waals surface area contributed by atoms with Crippen LogP contribution in [0.4, 0.5) is 11.4 Å². The maximum absolute atomic E-state index is 13.1. The Balaban J connectivity index is 1.52. The van der Waals surface area contributed by atoms with Crippen LogP contribution < -0.4 is 5.32 Å². The summed E-state index contributed by atoms with van der Waals surface area (Å²) in [6.07, 6.45) is 0. The first-order valence-corrected chi connectivity index (χ1v) is 10.6. The zero-order valence-corrected chi connectivity index (χ0v) is 19.0. The molecule has 0 aliphatic heterocycles. The molecule has 0 unspecified atom stereocenters. The van der Waals surface area contributed by atoms with Gasteiger partial charge in [0.25, 0.3) is 11.6 Å². The highest BCUT2D eigenvalue weighted by Gasteiger charge is 2.23. The predicted octanol–water partition coefficient (Wildman–Crippen LogP) is 4.93. The number of nitrogens with one attached hydrogen (secondary N) is 1. The molecule has 0 radical (unpaired) electrons. The van der Waals surface area contributed by atoms with E-state index in [9.17, 15) is 19.7 Å². The molecule has 1 aromatic heterocycles. The molecule has 4 aromatic rings. The van der Waals surface area contributed by atoms with Gasteiger partial charge in [-0.15, -0.1) is 0 Å². The molecule has 0 spiro atoms. The summed E-state index contributed by atoms with van der Waals surface area (Å²) in [6, 6.07) is 16.9. The fraction of sp³-hybridized carbons (Fsp3) is 0.0833. The summed E-state index contributed by atoms with van der Waals surface area (Å²) in [5.74, 6) is -1.03. The molecule has 0 aliphatic carbocycles. The monoisotopic (exact) mass is 492 g/mol. The molecule has 0 fully saturated rings. The number of nitrogens with zero attached hydrogens (tertiary/aromatic N) is 3. The van der Waals surface area contributed by atoms with Crippen LogP contribution in [0.15, 0.2) is 71.3 Å². The van der Waals surface area contributed by atoms with Crippen LogP contribution in [-0.4, -0.2) is 33.9 Å². The van der Waals surface area contributed by atoms with Crippen molar-refractivity contribution in [2.24, 2.45) is 0 Å². The zero-order valence-electron chi connectivity index (χ0n) is 18.2. The van der Waals surface area contributed by atoms with Gasteiger partial charge in [0, 0.05) is 34.8 Å². The molecule has 4 rings (SSSR count). The van der Waals surface area contributed by atoms with E-state index in [4.69, 9.17) is 20.9 Å². The molecule has 0 aliphatic rings. The van der Waals surface area contributed by atoms with Crippen molar-refractivity contribution in [1.29, 1.82) is 0 Å². The highest BCUT2D eigenvalue weighted by molar-refractivity contribution is 6.30. The Bertz CT molecular complexity index is 1440. The summed E-state index contributed by atoms with van der Waals surface area (Å²) < 4.78 is 10.4. The molecule has 3 aromatic carbocycles. The smallest absolute Gasteiger partial charge is 0.339 e. The third-order valence-electron chi connectivity index (χ3n) is 5.00. The zero-order chi connectivity index (χ0) is 24.9. The van der Waals surface area contributed by atoms with E-state index in [-0.39, 0.29) is 46.4 Å². The van der Waals surface area contributed by atoms with E-state index in [2.05, 4.69) is 15.5 Å². The minimum absolute atomic E-state index is 0.00701. The fourth-order valence-electron chi connectivity index (χ4n) is 3.31. The summed E-state index contributed by atoms with van der Waals surface area (Å²) in [6.45, 7) is -0.322. The van der Waals surface area contributed by atoms with Crippen molar-refractivity contribution >= 4 is 34.7 Å². The SMILES string of the molecule is CNc1ccc(C(=O)c2ccccc2C(=O)OCc2nc(-c3cccc(Cl)c3)no2)cc1[N+](=O)[O-]. The number of aromatic nitrogens is 2. The molecule has 0 bridgehead atoms. The number of hydrogen-bond donors (Lipinski definition) is 1. The minimum Gasteiger partial charge on any atom is -0.452 e. The molecule has 176 valence electrons. The third kappa shape index (κ3) is 5.17. The van der Waals surface area contributed by atoms with Crippen LogP contribution in [0.5, 0.6) is 0 Å². The number of hydrogen-bond acceptors (Lipinski definition) is 9. The van der Waals surface area contributed by atoms with Crippen molar-refractivity contribution in [2.75, 3.05) is 12.4 Å². The number of rotatable bonds is 8. The van der Waals surface area contributed by atoms with Crippen molar-refractivity contribution in [3.8, 4) is 11.4 Å². The van der Waals surface area contributed by atoms with E-state index in [0.29, 0.717) is 10.6 Å². The van der Waals surface area contributed by atoms with Gasteiger partial charge in [-0.25, -0.2) is 4.79 Å². The number of nitro groups is 1. The van der Waals surface area contributed by atoms with E-state index >= 15 is 0 Å². The van der Waals surface area contributed by atoms with Gasteiger partial charge in [0.15, 0.2) is 12.4 Å². The van der Waals surface area contributed by atoms with Gasteiger partial charge in [-0.2, -0.15) is 4.98 Å². The molecular formula is C24H17ClN4O6. The Morgan fingerprint density at radius 1 is 1.09 bits per heavy atom. The average Bonchev–Trinajstić information content (AvgIpc) is 3.35. The van der Waals surface area contributed by atoms with Gasteiger partial charge in [-0.3, -0.25) is 14.9 Å². The second kappa shape index (κ2) is 10.1. The molecule has 1 N–H and O–H groups in total. The number of benzene rings is 3. The van der Waals surface area contributed by atoms with Crippen LogP contribution in [0.2, 0.25) is 5.02 Å². The lowest BCUT2D eigenvalue weighted by Crippen LogP contribution is -2.13. The first kappa shape index (κ1) is 23.6. The van der Waals surface area contributed by atoms with Gasteiger partial charge >= 0.3 is 5.97 Å². The Morgan fingerprint density at radius 2 is 1.86 bits per heavy atom. The lowest BCUT2D eigenvalue weighted by atomic mass is 9.97. The van der Waals surface area contributed by atoms with Crippen molar-refractivity contribution in [3.63, 3.8) is 0 Å². The molecule has 1 heterocycles. The van der Waals surface area contributed by atoms with Crippen LogP contribution in [0.3, 0.4) is 0 Å². The van der Waals surface area contributed by atoms with E-state index in [0.717, 1.165) is 6.07 Å². The van der Waals surface area contributed by atoms with Crippen molar-refractivity contribution in [2.45, 2.75) is 6.61 Å². The largest absolute Gasteiger partial charge is 0.452 e. The van der Waals surface area contributed by atoms with E-state index in [1.807, 2.05) is 0 Å². The van der Waals surface area contributed by atoms with Gasteiger partial charge in [-0.1, -0.05) is 47.1 Å². The molecule has 11 heteroatoms. The van der Waals surface area contributed by atoms with Crippen LogP contribution in [0.1, 0.15) is 32.2 Å². The summed E-state index contributed by atoms with van der Waals surface area (Å²) in [7, 11) is 1.54. The summed E-state index contributed by atoms with van der Waals surface area (Å²) in [5.41, 5.74) is 0.718. The highest BCUT2D eigenvalue weighted by atomic mass is 35.5. The fourth-order valence-corrected chi connectivity index (χ4v) is 3.50. The van der Waals surface area contributed by atoms with E-state index in [1.54, 1.807) is 36.4 Å². The number of anilines is 1. The van der Waals surface area contributed by atoms with Gasteiger partial charge < -0.3 is 14.6 Å². The second-order valence-corrected chi connectivity index (χ2v) is 7.65. The first-order chi connectivity index (χ1) is 16.9. The molecule has 0 amide bonds. The molecule has 10 nitrogen and oxygen atoms in total. The second-order valence-electron chi connectivity index (χ2n) is 7.21. The number of carbonyl (C=O) groups is 2. The first-order valence-electron chi connectivity index (χ1n) is 10.2. The number of halogens is 1. The van der Waals surface area contributed by atoms with Crippen molar-refractivity contribution < 1.29 is 23.8 Å². The maximum atomic E-state index is 13.1. The average molecular weight is 493 g/mol. The molecule has 0 atom stereocenters. The Morgan fingerprint density at radius 3 is 2.57 bits per heavy atom. The predicted molar refractivity (Wildman–Crippen MR) is 126 cm³/mol. The quantitative estimate of drug-likeness (QED) is 0.157. The van der Waals surface area contributed by atoms with E-state index < -0.39 is 16.7 Å². The Labute approximate surface area is 203 Å². The van der Waals surface area contributed by atoms with Gasteiger partial charge in [-0.05, 0) is 30.3 Å². The van der Waals surface area contributed by atoms with Crippen molar-refractivity contribution in [1.82, 2.24) is 10.1 Å². The number of ether oxygens (including phenoxy) is 1. The summed E-state index contributed by atoms with van der Waals surface area (Å²) in [4.78, 5) is 40.8. The normalized spacial score (nSPS) is 10.6. The van der Waals surface area contributed by atoms with Crippen LogP contribution in [-0.2, 0) is 11.3 Å². The third-order valence-corrected chi connectivity index (χ3v) is 5.23. The minimum atomic E-state index is -0.794. The summed E-state index contributed by atoms with van der Waals surface area (Å²) in [5, 5.41) is 18.4.